The summed E-state index contributed by atoms with van der Waals surface area (Å²) >= 11 is 0. The lowest BCUT2D eigenvalue weighted by atomic mass is 10.00. The summed E-state index contributed by atoms with van der Waals surface area (Å²) in [5.74, 6) is 0.862. The number of benzene rings is 1. The van der Waals surface area contributed by atoms with Crippen LogP contribution in [0.4, 0.5) is 11.5 Å². The molecule has 0 radical (unpaired) electrons. The first-order chi connectivity index (χ1) is 10.6. The number of aromatic nitrogens is 3. The van der Waals surface area contributed by atoms with Crippen LogP contribution >= 0.6 is 0 Å². The summed E-state index contributed by atoms with van der Waals surface area (Å²) in [6, 6.07) is 4.58. The minimum atomic E-state index is 0.555. The number of nitrogens with zero attached hydrogens (tertiary/aromatic N) is 3. The van der Waals surface area contributed by atoms with Crippen molar-refractivity contribution in [2.24, 2.45) is 0 Å². The second kappa shape index (κ2) is 4.73. The largest absolute Gasteiger partial charge is 0.399 e. The minimum Gasteiger partial charge on any atom is -0.399 e. The summed E-state index contributed by atoms with van der Waals surface area (Å²) in [6.07, 6.45) is 8.12. The number of anilines is 2. The van der Waals surface area contributed by atoms with E-state index in [9.17, 15) is 0 Å². The predicted molar refractivity (Wildman–Crippen MR) is 89.0 cm³/mol. The van der Waals surface area contributed by atoms with E-state index in [2.05, 4.69) is 39.6 Å². The van der Waals surface area contributed by atoms with Gasteiger partial charge in [0.05, 0.1) is 11.9 Å². The maximum absolute atomic E-state index is 6.00. The Morgan fingerprint density at radius 1 is 1.18 bits per heavy atom. The quantitative estimate of drug-likeness (QED) is 0.728. The molecule has 0 saturated heterocycles. The zero-order valence-corrected chi connectivity index (χ0v) is 12.8. The van der Waals surface area contributed by atoms with Gasteiger partial charge in [-0.1, -0.05) is 6.07 Å². The molecule has 1 fully saturated rings. The number of nitrogen functional groups attached to an aromatic ring is 1. The first kappa shape index (κ1) is 13.1. The SMILES string of the molecule is Cc1c(N)ccc(-c2cnc3c(NC4CC4)nccn23)c1C. The molecule has 3 N–H and O–H groups in total. The van der Waals surface area contributed by atoms with Crippen LogP contribution in [0.25, 0.3) is 16.9 Å². The second-order valence-electron chi connectivity index (χ2n) is 5.98. The van der Waals surface area contributed by atoms with Crippen molar-refractivity contribution >= 4 is 17.2 Å². The lowest BCUT2D eigenvalue weighted by Crippen LogP contribution is -2.05. The lowest BCUT2D eigenvalue weighted by Gasteiger charge is -2.11. The highest BCUT2D eigenvalue weighted by molar-refractivity contribution is 5.75. The van der Waals surface area contributed by atoms with Crippen molar-refractivity contribution in [3.05, 3.63) is 41.9 Å². The fourth-order valence-electron chi connectivity index (χ4n) is 2.76. The Hall–Kier alpha value is -2.56. The maximum atomic E-state index is 6.00. The van der Waals surface area contributed by atoms with Crippen molar-refractivity contribution in [2.45, 2.75) is 32.7 Å². The van der Waals surface area contributed by atoms with Gasteiger partial charge in [0.25, 0.3) is 0 Å². The van der Waals surface area contributed by atoms with Gasteiger partial charge in [-0.15, -0.1) is 0 Å². The molecule has 4 rings (SSSR count). The topological polar surface area (TPSA) is 68.2 Å². The molecule has 1 aliphatic rings. The highest BCUT2D eigenvalue weighted by atomic mass is 15.1. The van der Waals surface area contributed by atoms with Crippen molar-refractivity contribution in [3.8, 4) is 11.3 Å². The molecule has 2 aromatic heterocycles. The zero-order valence-electron chi connectivity index (χ0n) is 12.8. The van der Waals surface area contributed by atoms with Gasteiger partial charge in [0.15, 0.2) is 11.5 Å². The Kier molecular flexibility index (Phi) is 2.82. The van der Waals surface area contributed by atoms with Gasteiger partial charge >= 0.3 is 0 Å². The fraction of sp³-hybridized carbons (Fsp3) is 0.294. The molecule has 2 heterocycles. The van der Waals surface area contributed by atoms with Crippen molar-refractivity contribution in [1.82, 2.24) is 14.4 Å². The number of fused-ring (bicyclic) bond motifs is 1. The summed E-state index contributed by atoms with van der Waals surface area (Å²) in [7, 11) is 0. The Balaban J connectivity index is 1.87. The van der Waals surface area contributed by atoms with E-state index in [1.807, 2.05) is 24.7 Å². The third-order valence-electron chi connectivity index (χ3n) is 4.45. The first-order valence-corrected chi connectivity index (χ1v) is 7.60. The molecule has 5 nitrogen and oxygen atoms in total. The summed E-state index contributed by atoms with van der Waals surface area (Å²) in [5, 5.41) is 3.44. The third kappa shape index (κ3) is 2.01. The predicted octanol–water partition coefficient (Wildman–Crippen LogP) is 3.17. The molecule has 1 aromatic carbocycles. The fourth-order valence-corrected chi connectivity index (χ4v) is 2.76. The van der Waals surface area contributed by atoms with Gasteiger partial charge in [0.1, 0.15) is 0 Å². The van der Waals surface area contributed by atoms with Gasteiger partial charge in [-0.2, -0.15) is 0 Å². The van der Waals surface area contributed by atoms with Gasteiger partial charge < -0.3 is 11.1 Å². The maximum Gasteiger partial charge on any atom is 0.180 e. The van der Waals surface area contributed by atoms with E-state index in [0.717, 1.165) is 34.0 Å². The van der Waals surface area contributed by atoms with Crippen molar-refractivity contribution in [3.63, 3.8) is 0 Å². The van der Waals surface area contributed by atoms with Crippen molar-refractivity contribution in [1.29, 1.82) is 0 Å². The molecule has 0 bridgehead atoms. The van der Waals surface area contributed by atoms with Crippen LogP contribution in [-0.2, 0) is 0 Å². The van der Waals surface area contributed by atoms with Gasteiger partial charge in [-0.25, -0.2) is 9.97 Å². The minimum absolute atomic E-state index is 0.555. The number of rotatable bonds is 3. The molecular weight excluding hydrogens is 274 g/mol. The van der Waals surface area contributed by atoms with Crippen LogP contribution in [0.15, 0.2) is 30.7 Å². The molecule has 0 amide bonds. The Morgan fingerprint density at radius 2 is 2.00 bits per heavy atom. The van der Waals surface area contributed by atoms with Crippen LogP contribution in [0, 0.1) is 13.8 Å². The summed E-state index contributed by atoms with van der Waals surface area (Å²) in [6.45, 7) is 4.16. The number of nitrogens with one attached hydrogen (secondary N) is 1. The van der Waals surface area contributed by atoms with E-state index in [1.54, 1.807) is 0 Å². The zero-order chi connectivity index (χ0) is 15.3. The highest BCUT2D eigenvalue weighted by Gasteiger charge is 2.23. The van der Waals surface area contributed by atoms with E-state index >= 15 is 0 Å². The smallest absolute Gasteiger partial charge is 0.180 e. The molecule has 0 atom stereocenters. The Morgan fingerprint density at radius 3 is 2.77 bits per heavy atom. The number of imidazole rings is 1. The standard InChI is InChI=1S/C17H19N5/c1-10-11(2)14(18)6-5-13(10)15-9-20-17-16(21-12-3-4-12)19-7-8-22(15)17/h5-9,12H,3-4,18H2,1-2H3,(H,19,21). The molecule has 112 valence electrons. The Labute approximate surface area is 129 Å². The van der Waals surface area contributed by atoms with Crippen molar-refractivity contribution in [2.75, 3.05) is 11.1 Å². The van der Waals surface area contributed by atoms with E-state index < -0.39 is 0 Å². The molecule has 0 unspecified atom stereocenters. The first-order valence-electron chi connectivity index (χ1n) is 7.60. The van der Waals surface area contributed by atoms with Gasteiger partial charge in [-0.3, -0.25) is 4.40 Å². The van der Waals surface area contributed by atoms with Crippen LogP contribution in [-0.4, -0.2) is 20.4 Å². The molecule has 5 heteroatoms. The van der Waals surface area contributed by atoms with Crippen molar-refractivity contribution < 1.29 is 0 Å². The number of nitrogens with two attached hydrogens (primary N) is 1. The van der Waals surface area contributed by atoms with Crippen LogP contribution in [0.5, 0.6) is 0 Å². The van der Waals surface area contributed by atoms with E-state index in [4.69, 9.17) is 5.73 Å². The lowest BCUT2D eigenvalue weighted by molar-refractivity contribution is 1.07. The molecule has 0 spiro atoms. The third-order valence-corrected chi connectivity index (χ3v) is 4.45. The summed E-state index contributed by atoms with van der Waals surface area (Å²) in [5.41, 5.74) is 12.2. The van der Waals surface area contributed by atoms with Gasteiger partial charge in [0, 0.05) is 29.7 Å². The van der Waals surface area contributed by atoms with E-state index in [-0.39, 0.29) is 0 Å². The second-order valence-corrected chi connectivity index (χ2v) is 5.98. The highest BCUT2D eigenvalue weighted by Crippen LogP contribution is 2.31. The average Bonchev–Trinajstić information content (AvgIpc) is 3.23. The molecule has 1 saturated carbocycles. The van der Waals surface area contributed by atoms with E-state index in [1.165, 1.54) is 18.4 Å². The number of hydrogen-bond donors (Lipinski definition) is 2. The molecule has 22 heavy (non-hydrogen) atoms. The molecule has 1 aliphatic carbocycles. The monoisotopic (exact) mass is 293 g/mol. The molecular formula is C17H19N5. The van der Waals surface area contributed by atoms with Crippen LogP contribution < -0.4 is 11.1 Å². The van der Waals surface area contributed by atoms with Crippen LogP contribution in [0.2, 0.25) is 0 Å². The molecule has 0 aliphatic heterocycles. The summed E-state index contributed by atoms with van der Waals surface area (Å²) in [4.78, 5) is 9.01. The Bertz CT molecular complexity index is 861. The summed E-state index contributed by atoms with van der Waals surface area (Å²) < 4.78 is 2.09. The molecule has 3 aromatic rings. The van der Waals surface area contributed by atoms with Gasteiger partial charge in [-0.05, 0) is 43.9 Å². The number of hydrogen-bond acceptors (Lipinski definition) is 4. The van der Waals surface area contributed by atoms with Crippen LogP contribution in [0.1, 0.15) is 24.0 Å². The average molecular weight is 293 g/mol. The van der Waals surface area contributed by atoms with Gasteiger partial charge in [0.2, 0.25) is 0 Å². The normalized spacial score (nSPS) is 14.5. The van der Waals surface area contributed by atoms with Crippen LogP contribution in [0.3, 0.4) is 0 Å². The van der Waals surface area contributed by atoms with E-state index in [0.29, 0.717) is 6.04 Å².